The molecule has 0 saturated heterocycles. The lowest BCUT2D eigenvalue weighted by Gasteiger charge is -2.11. The standard InChI is InChI=1S/C11H14BrN3O3S/c1-19-5-4-8(13)11(16)14-9-3-2-7(12)6-10(9)15(17)18/h2-3,6,8H,4-5,13H2,1H3,(H,14,16)/t8-/m1/s1. The van der Waals surface area contributed by atoms with Crippen molar-refractivity contribution in [3.05, 3.63) is 32.8 Å². The molecule has 3 N–H and O–H groups in total. The summed E-state index contributed by atoms with van der Waals surface area (Å²) in [7, 11) is 0. The van der Waals surface area contributed by atoms with Crippen LogP contribution in [0.15, 0.2) is 22.7 Å². The molecule has 0 heterocycles. The maximum absolute atomic E-state index is 11.8. The number of nitrogens with two attached hydrogens (primary N) is 1. The second kappa shape index (κ2) is 7.46. The number of carbonyl (C=O) groups is 1. The van der Waals surface area contributed by atoms with E-state index < -0.39 is 16.9 Å². The van der Waals surface area contributed by atoms with E-state index in [1.165, 1.54) is 12.1 Å². The Labute approximate surface area is 123 Å². The van der Waals surface area contributed by atoms with Gasteiger partial charge in [0.15, 0.2) is 0 Å². The number of amides is 1. The van der Waals surface area contributed by atoms with Crippen molar-refractivity contribution < 1.29 is 9.72 Å². The largest absolute Gasteiger partial charge is 0.320 e. The maximum atomic E-state index is 11.8. The average molecular weight is 348 g/mol. The van der Waals surface area contributed by atoms with Gasteiger partial charge >= 0.3 is 0 Å². The van der Waals surface area contributed by atoms with E-state index in [1.54, 1.807) is 17.8 Å². The summed E-state index contributed by atoms with van der Waals surface area (Å²) >= 11 is 4.74. The molecule has 19 heavy (non-hydrogen) atoms. The molecule has 104 valence electrons. The predicted molar refractivity (Wildman–Crippen MR) is 80.4 cm³/mol. The van der Waals surface area contributed by atoms with Crippen LogP contribution in [0.2, 0.25) is 0 Å². The van der Waals surface area contributed by atoms with Crippen LogP contribution in [0.5, 0.6) is 0 Å². The van der Waals surface area contributed by atoms with Crippen molar-refractivity contribution in [2.45, 2.75) is 12.5 Å². The molecule has 1 rings (SSSR count). The Balaban J connectivity index is 2.81. The van der Waals surface area contributed by atoms with Gasteiger partial charge in [0.05, 0.1) is 11.0 Å². The zero-order valence-corrected chi connectivity index (χ0v) is 12.7. The monoisotopic (exact) mass is 347 g/mol. The SMILES string of the molecule is CSCC[C@@H](N)C(=O)Nc1ccc(Br)cc1[N+](=O)[O-]. The number of nitro groups is 1. The summed E-state index contributed by atoms with van der Waals surface area (Å²) < 4.78 is 0.573. The Morgan fingerprint density at radius 2 is 2.32 bits per heavy atom. The molecule has 1 aromatic rings. The van der Waals surface area contributed by atoms with Gasteiger partial charge in [0.2, 0.25) is 5.91 Å². The maximum Gasteiger partial charge on any atom is 0.293 e. The van der Waals surface area contributed by atoms with Crippen LogP contribution < -0.4 is 11.1 Å². The number of carbonyl (C=O) groups excluding carboxylic acids is 1. The number of rotatable bonds is 6. The summed E-state index contributed by atoms with van der Waals surface area (Å²) in [6.45, 7) is 0. The number of nitro benzene ring substituents is 1. The highest BCUT2D eigenvalue weighted by molar-refractivity contribution is 9.10. The molecule has 0 unspecified atom stereocenters. The summed E-state index contributed by atoms with van der Waals surface area (Å²) in [5, 5.41) is 13.4. The second-order valence-corrected chi connectivity index (χ2v) is 5.70. The zero-order chi connectivity index (χ0) is 14.4. The first-order valence-electron chi connectivity index (χ1n) is 5.45. The van der Waals surface area contributed by atoms with Crippen LogP contribution in [-0.4, -0.2) is 28.9 Å². The Hall–Kier alpha value is -1.12. The molecule has 0 fully saturated rings. The average Bonchev–Trinajstić information content (AvgIpc) is 2.37. The number of nitrogens with one attached hydrogen (secondary N) is 1. The summed E-state index contributed by atoms with van der Waals surface area (Å²) in [4.78, 5) is 22.1. The minimum atomic E-state index is -0.671. The summed E-state index contributed by atoms with van der Waals surface area (Å²) in [5.74, 6) is 0.344. The van der Waals surface area contributed by atoms with Gasteiger partial charge in [0, 0.05) is 10.5 Å². The van der Waals surface area contributed by atoms with E-state index in [2.05, 4.69) is 21.2 Å². The molecular formula is C11H14BrN3O3S. The molecule has 6 nitrogen and oxygen atoms in total. The number of benzene rings is 1. The van der Waals surface area contributed by atoms with Crippen molar-refractivity contribution >= 4 is 45.0 Å². The molecule has 0 saturated carbocycles. The summed E-state index contributed by atoms with van der Waals surface area (Å²) in [6, 6.07) is 3.76. The molecule has 1 amide bonds. The molecular weight excluding hydrogens is 334 g/mol. The smallest absolute Gasteiger partial charge is 0.293 e. The predicted octanol–water partition coefficient (Wildman–Crippen LogP) is 2.38. The van der Waals surface area contributed by atoms with E-state index in [0.29, 0.717) is 10.9 Å². The van der Waals surface area contributed by atoms with Crippen LogP contribution in [0.4, 0.5) is 11.4 Å². The van der Waals surface area contributed by atoms with Gasteiger partial charge in [0.1, 0.15) is 5.69 Å². The molecule has 1 aromatic carbocycles. The van der Waals surface area contributed by atoms with Crippen molar-refractivity contribution in [1.82, 2.24) is 0 Å². The van der Waals surface area contributed by atoms with Crippen molar-refractivity contribution in [3.63, 3.8) is 0 Å². The first-order valence-corrected chi connectivity index (χ1v) is 7.63. The van der Waals surface area contributed by atoms with E-state index in [9.17, 15) is 14.9 Å². The quantitative estimate of drug-likeness (QED) is 0.608. The first-order chi connectivity index (χ1) is 8.95. The van der Waals surface area contributed by atoms with Crippen LogP contribution >= 0.6 is 27.7 Å². The highest BCUT2D eigenvalue weighted by Gasteiger charge is 2.19. The fraction of sp³-hybridized carbons (Fsp3) is 0.364. The third-order valence-corrected chi connectivity index (χ3v) is 3.52. The lowest BCUT2D eigenvalue weighted by molar-refractivity contribution is -0.384. The van der Waals surface area contributed by atoms with Crippen LogP contribution in [-0.2, 0) is 4.79 Å². The summed E-state index contributed by atoms with van der Waals surface area (Å²) in [5.41, 5.74) is 5.69. The van der Waals surface area contributed by atoms with Crippen LogP contribution in [0.25, 0.3) is 0 Å². The van der Waals surface area contributed by atoms with Gasteiger partial charge in [-0.15, -0.1) is 0 Å². The van der Waals surface area contributed by atoms with E-state index in [1.807, 2.05) is 6.26 Å². The van der Waals surface area contributed by atoms with Gasteiger partial charge in [0.25, 0.3) is 5.69 Å². The van der Waals surface area contributed by atoms with Gasteiger partial charge in [-0.05, 0) is 30.6 Å². The second-order valence-electron chi connectivity index (χ2n) is 3.80. The molecule has 0 aliphatic rings. The lowest BCUT2D eigenvalue weighted by Crippen LogP contribution is -2.36. The molecule has 0 aliphatic carbocycles. The van der Waals surface area contributed by atoms with Gasteiger partial charge in [-0.1, -0.05) is 15.9 Å². The van der Waals surface area contributed by atoms with Gasteiger partial charge in [-0.25, -0.2) is 0 Å². The zero-order valence-electron chi connectivity index (χ0n) is 10.3. The Morgan fingerprint density at radius 3 is 2.89 bits per heavy atom. The van der Waals surface area contributed by atoms with Crippen LogP contribution in [0, 0.1) is 10.1 Å². The first kappa shape index (κ1) is 15.9. The molecule has 1 atom stereocenters. The molecule has 0 aromatic heterocycles. The number of hydrogen-bond donors (Lipinski definition) is 2. The fourth-order valence-electron chi connectivity index (χ4n) is 1.36. The van der Waals surface area contributed by atoms with Crippen molar-refractivity contribution in [3.8, 4) is 0 Å². The number of halogens is 1. The highest BCUT2D eigenvalue weighted by Crippen LogP contribution is 2.28. The number of anilines is 1. The van der Waals surface area contributed by atoms with E-state index >= 15 is 0 Å². The Morgan fingerprint density at radius 1 is 1.63 bits per heavy atom. The van der Waals surface area contributed by atoms with E-state index in [4.69, 9.17) is 5.73 Å². The fourth-order valence-corrected chi connectivity index (χ4v) is 2.20. The van der Waals surface area contributed by atoms with Gasteiger partial charge < -0.3 is 11.1 Å². The number of nitrogens with zero attached hydrogens (tertiary/aromatic N) is 1. The number of hydrogen-bond acceptors (Lipinski definition) is 5. The van der Waals surface area contributed by atoms with Crippen molar-refractivity contribution in [2.24, 2.45) is 5.73 Å². The summed E-state index contributed by atoms with van der Waals surface area (Å²) in [6.07, 6.45) is 2.45. The molecule has 8 heteroatoms. The molecule has 0 bridgehead atoms. The third kappa shape index (κ3) is 4.81. The molecule has 0 radical (unpaired) electrons. The van der Waals surface area contributed by atoms with Crippen LogP contribution in [0.1, 0.15) is 6.42 Å². The Bertz CT molecular complexity index is 484. The molecule has 0 spiro atoms. The van der Waals surface area contributed by atoms with Crippen molar-refractivity contribution in [2.75, 3.05) is 17.3 Å². The van der Waals surface area contributed by atoms with Gasteiger partial charge in [-0.3, -0.25) is 14.9 Å². The highest BCUT2D eigenvalue weighted by atomic mass is 79.9. The number of thioether (sulfide) groups is 1. The van der Waals surface area contributed by atoms with E-state index in [0.717, 1.165) is 5.75 Å². The normalized spacial score (nSPS) is 11.9. The van der Waals surface area contributed by atoms with Gasteiger partial charge in [-0.2, -0.15) is 11.8 Å². The lowest BCUT2D eigenvalue weighted by atomic mass is 10.2. The Kier molecular flexibility index (Phi) is 6.26. The topological polar surface area (TPSA) is 98.3 Å². The third-order valence-electron chi connectivity index (χ3n) is 2.38. The van der Waals surface area contributed by atoms with E-state index in [-0.39, 0.29) is 11.4 Å². The van der Waals surface area contributed by atoms with Crippen LogP contribution in [0.3, 0.4) is 0 Å². The molecule has 0 aliphatic heterocycles. The minimum Gasteiger partial charge on any atom is -0.320 e. The minimum absolute atomic E-state index is 0.151. The van der Waals surface area contributed by atoms with Crippen molar-refractivity contribution in [1.29, 1.82) is 0 Å².